The molecule has 1 aliphatic rings. The van der Waals surface area contributed by atoms with Crippen LogP contribution in [-0.2, 0) is 16.1 Å². The van der Waals surface area contributed by atoms with Gasteiger partial charge < -0.3 is 20.3 Å². The van der Waals surface area contributed by atoms with Crippen LogP contribution in [0.1, 0.15) is 22.3 Å². The molecular weight excluding hydrogens is 454 g/mol. The van der Waals surface area contributed by atoms with E-state index >= 15 is 0 Å². The average Bonchev–Trinajstić information content (AvgIpc) is 3.24. The Balaban J connectivity index is 1.44. The number of nitrogens with one attached hydrogen (secondary N) is 2. The van der Waals surface area contributed by atoms with Gasteiger partial charge >= 0.3 is 0 Å². The molecule has 0 saturated carbocycles. The lowest BCUT2D eigenvalue weighted by molar-refractivity contribution is -0.122. The number of carbonyl (C=O) groups excluding carboxylic acids is 3. The van der Waals surface area contributed by atoms with E-state index in [-0.39, 0.29) is 37.2 Å². The zero-order chi connectivity index (χ0) is 24.1. The van der Waals surface area contributed by atoms with Crippen LogP contribution in [0.4, 0.5) is 11.4 Å². The van der Waals surface area contributed by atoms with Crippen molar-refractivity contribution in [2.75, 3.05) is 23.9 Å². The van der Waals surface area contributed by atoms with E-state index < -0.39 is 5.92 Å². The second-order valence-corrected chi connectivity index (χ2v) is 8.29. The molecule has 0 spiro atoms. The van der Waals surface area contributed by atoms with Crippen LogP contribution in [0, 0.1) is 5.92 Å². The Labute approximate surface area is 202 Å². The lowest BCUT2D eigenvalue weighted by Gasteiger charge is -2.18. The predicted molar refractivity (Wildman–Crippen MR) is 131 cm³/mol. The third-order valence-electron chi connectivity index (χ3n) is 5.70. The molecule has 0 aromatic heterocycles. The maximum Gasteiger partial charge on any atom is 0.253 e. The van der Waals surface area contributed by atoms with Gasteiger partial charge in [0, 0.05) is 25.1 Å². The number of nitrogens with zero attached hydrogens (tertiary/aromatic N) is 1. The Hall–Kier alpha value is -3.84. The summed E-state index contributed by atoms with van der Waals surface area (Å²) in [6, 6.07) is 21.2. The summed E-state index contributed by atoms with van der Waals surface area (Å²) in [4.78, 5) is 40.0. The van der Waals surface area contributed by atoms with Gasteiger partial charge in [0.05, 0.1) is 35.0 Å². The molecule has 0 aliphatic carbocycles. The average molecular weight is 478 g/mol. The van der Waals surface area contributed by atoms with Crippen molar-refractivity contribution in [3.05, 3.63) is 88.9 Å². The van der Waals surface area contributed by atoms with Crippen LogP contribution >= 0.6 is 11.6 Å². The fourth-order valence-corrected chi connectivity index (χ4v) is 4.17. The van der Waals surface area contributed by atoms with Gasteiger partial charge in [-0.05, 0) is 30.3 Å². The van der Waals surface area contributed by atoms with Gasteiger partial charge in [0.15, 0.2) is 0 Å². The molecule has 1 saturated heterocycles. The van der Waals surface area contributed by atoms with Gasteiger partial charge in [0.25, 0.3) is 5.91 Å². The number of halogens is 1. The van der Waals surface area contributed by atoms with Crippen molar-refractivity contribution in [2.24, 2.45) is 5.92 Å². The molecule has 1 heterocycles. The molecule has 3 aromatic rings. The Morgan fingerprint density at radius 3 is 2.53 bits per heavy atom. The van der Waals surface area contributed by atoms with E-state index in [0.717, 1.165) is 5.56 Å². The van der Waals surface area contributed by atoms with Crippen LogP contribution < -0.4 is 20.3 Å². The highest BCUT2D eigenvalue weighted by atomic mass is 35.5. The number of rotatable bonds is 7. The van der Waals surface area contributed by atoms with Crippen LogP contribution in [0.15, 0.2) is 72.8 Å². The monoisotopic (exact) mass is 477 g/mol. The summed E-state index contributed by atoms with van der Waals surface area (Å²) in [7, 11) is 1.58. The van der Waals surface area contributed by atoms with Gasteiger partial charge in [-0.3, -0.25) is 14.4 Å². The van der Waals surface area contributed by atoms with Crippen molar-refractivity contribution >= 4 is 40.7 Å². The number of carbonyl (C=O) groups is 3. The summed E-state index contributed by atoms with van der Waals surface area (Å²) >= 11 is 6.23. The molecule has 8 heteroatoms. The van der Waals surface area contributed by atoms with E-state index in [2.05, 4.69) is 10.6 Å². The van der Waals surface area contributed by atoms with Gasteiger partial charge in [-0.25, -0.2) is 0 Å². The topological polar surface area (TPSA) is 87.7 Å². The third kappa shape index (κ3) is 5.05. The summed E-state index contributed by atoms with van der Waals surface area (Å²) in [5.74, 6) is -0.710. The molecule has 3 amide bonds. The van der Waals surface area contributed by atoms with Crippen molar-refractivity contribution in [3.8, 4) is 5.75 Å². The first-order valence-electron chi connectivity index (χ1n) is 10.8. The maximum atomic E-state index is 13.0. The maximum absolute atomic E-state index is 13.0. The van der Waals surface area contributed by atoms with Gasteiger partial charge in [-0.15, -0.1) is 0 Å². The Kier molecular flexibility index (Phi) is 7.13. The van der Waals surface area contributed by atoms with Gasteiger partial charge in [0.1, 0.15) is 5.75 Å². The third-order valence-corrected chi connectivity index (χ3v) is 6.02. The van der Waals surface area contributed by atoms with Crippen molar-refractivity contribution in [1.29, 1.82) is 0 Å². The molecule has 34 heavy (non-hydrogen) atoms. The number of para-hydroxylation sites is 3. The van der Waals surface area contributed by atoms with Crippen molar-refractivity contribution in [1.82, 2.24) is 5.32 Å². The van der Waals surface area contributed by atoms with Gasteiger partial charge in [0.2, 0.25) is 11.8 Å². The number of hydrogen-bond donors (Lipinski definition) is 2. The van der Waals surface area contributed by atoms with Crippen molar-refractivity contribution < 1.29 is 19.1 Å². The van der Waals surface area contributed by atoms with E-state index in [1.807, 2.05) is 24.3 Å². The normalized spacial score (nSPS) is 15.2. The van der Waals surface area contributed by atoms with Crippen molar-refractivity contribution in [3.63, 3.8) is 0 Å². The Bertz CT molecular complexity index is 1230. The molecule has 2 N–H and O–H groups in total. The number of methoxy groups -OCH3 is 1. The van der Waals surface area contributed by atoms with Crippen LogP contribution in [-0.4, -0.2) is 31.4 Å². The lowest BCUT2D eigenvalue weighted by atomic mass is 10.1. The summed E-state index contributed by atoms with van der Waals surface area (Å²) in [5, 5.41) is 6.15. The molecule has 3 aromatic carbocycles. The molecule has 1 fully saturated rings. The van der Waals surface area contributed by atoms with Crippen LogP contribution in [0.3, 0.4) is 0 Å². The SMILES string of the molecule is COc1ccccc1CNC(=O)c1ccccc1NC(=O)[C@@H]1CC(=O)N(c2ccccc2Cl)C1. The molecule has 0 unspecified atom stereocenters. The van der Waals surface area contributed by atoms with Crippen LogP contribution in [0.25, 0.3) is 0 Å². The molecule has 0 radical (unpaired) electrons. The highest BCUT2D eigenvalue weighted by Crippen LogP contribution is 2.31. The number of amides is 3. The highest BCUT2D eigenvalue weighted by Gasteiger charge is 2.36. The van der Waals surface area contributed by atoms with E-state index in [1.54, 1.807) is 55.6 Å². The molecule has 7 nitrogen and oxygen atoms in total. The molecule has 1 atom stereocenters. The second kappa shape index (κ2) is 10.4. The number of hydrogen-bond acceptors (Lipinski definition) is 4. The van der Waals surface area contributed by atoms with Gasteiger partial charge in [-0.1, -0.05) is 54.1 Å². The van der Waals surface area contributed by atoms with E-state index in [4.69, 9.17) is 16.3 Å². The summed E-state index contributed by atoms with van der Waals surface area (Å²) < 4.78 is 5.33. The first-order valence-corrected chi connectivity index (χ1v) is 11.2. The first kappa shape index (κ1) is 23.3. The zero-order valence-electron chi connectivity index (χ0n) is 18.6. The highest BCUT2D eigenvalue weighted by molar-refractivity contribution is 6.34. The minimum atomic E-state index is -0.562. The first-order chi connectivity index (χ1) is 16.5. The standard InChI is InChI=1S/C26H24ClN3O4/c1-34-23-13-7-2-8-17(23)15-28-26(33)19-9-3-5-11-21(19)29-25(32)18-14-24(31)30(16-18)22-12-6-4-10-20(22)27/h2-13,18H,14-16H2,1H3,(H,28,33)(H,29,32)/t18-/m1/s1. The second-order valence-electron chi connectivity index (χ2n) is 7.89. The number of anilines is 2. The lowest BCUT2D eigenvalue weighted by Crippen LogP contribution is -2.29. The van der Waals surface area contributed by atoms with Gasteiger partial charge in [-0.2, -0.15) is 0 Å². The Morgan fingerprint density at radius 1 is 1.03 bits per heavy atom. The van der Waals surface area contributed by atoms with Crippen LogP contribution in [0.5, 0.6) is 5.75 Å². The van der Waals surface area contributed by atoms with Crippen LogP contribution in [0.2, 0.25) is 5.02 Å². The smallest absolute Gasteiger partial charge is 0.253 e. The number of benzene rings is 3. The molecule has 174 valence electrons. The summed E-state index contributed by atoms with van der Waals surface area (Å²) in [5.41, 5.74) is 2.14. The van der Waals surface area contributed by atoms with E-state index in [9.17, 15) is 14.4 Å². The van der Waals surface area contributed by atoms with Crippen molar-refractivity contribution in [2.45, 2.75) is 13.0 Å². The zero-order valence-corrected chi connectivity index (χ0v) is 19.3. The number of ether oxygens (including phenoxy) is 1. The molecule has 4 rings (SSSR count). The van der Waals surface area contributed by atoms with E-state index in [1.165, 1.54) is 4.90 Å². The fourth-order valence-electron chi connectivity index (χ4n) is 3.93. The minimum Gasteiger partial charge on any atom is -0.496 e. The fraction of sp³-hybridized carbons (Fsp3) is 0.192. The Morgan fingerprint density at radius 2 is 1.74 bits per heavy atom. The predicted octanol–water partition coefficient (Wildman–Crippen LogP) is 4.27. The summed E-state index contributed by atoms with van der Waals surface area (Å²) in [6.07, 6.45) is 0.0687. The molecular formula is C26H24ClN3O4. The minimum absolute atomic E-state index is 0.0687. The molecule has 0 bridgehead atoms. The molecule has 1 aliphatic heterocycles. The largest absolute Gasteiger partial charge is 0.496 e. The quantitative estimate of drug-likeness (QED) is 0.532. The van der Waals surface area contributed by atoms with E-state index in [0.29, 0.717) is 27.7 Å². The summed E-state index contributed by atoms with van der Waals surface area (Å²) in [6.45, 7) is 0.492.